The van der Waals surface area contributed by atoms with E-state index < -0.39 is 0 Å². The molecule has 2 heterocycles. The first-order valence-electron chi connectivity index (χ1n) is 7.50. The fourth-order valence-corrected chi connectivity index (χ4v) is 2.43. The van der Waals surface area contributed by atoms with Gasteiger partial charge in [-0.1, -0.05) is 12.1 Å². The maximum absolute atomic E-state index is 5.82. The van der Waals surface area contributed by atoms with Crippen LogP contribution in [-0.4, -0.2) is 29.7 Å². The number of aryl methyl sites for hydroxylation is 1. The molecule has 0 spiro atoms. The number of fused-ring (bicyclic) bond motifs is 1. The Kier molecular flexibility index (Phi) is 4.74. The second kappa shape index (κ2) is 7.13. The lowest BCUT2D eigenvalue weighted by Crippen LogP contribution is -2.16. The van der Waals surface area contributed by atoms with Crippen molar-refractivity contribution >= 4 is 0 Å². The van der Waals surface area contributed by atoms with Gasteiger partial charge in [0.25, 0.3) is 0 Å². The number of aromatic nitrogens is 2. The standard InChI is InChI=1S/C16H21N3O2/c1-4-13(16-14(5-1)20-10-3-11-21-16)12-17-7-2-6-15-18-8-9-19-15/h1,4-5,8-9,17H,2-3,6-7,10-12H2,(H,18,19). The van der Waals surface area contributed by atoms with Gasteiger partial charge in [0.2, 0.25) is 0 Å². The highest BCUT2D eigenvalue weighted by Crippen LogP contribution is 2.33. The van der Waals surface area contributed by atoms with E-state index in [0.717, 1.165) is 68.5 Å². The zero-order valence-corrected chi connectivity index (χ0v) is 12.1. The van der Waals surface area contributed by atoms with Gasteiger partial charge in [-0.3, -0.25) is 0 Å². The Morgan fingerprint density at radius 1 is 1.24 bits per heavy atom. The van der Waals surface area contributed by atoms with Crippen LogP contribution in [0.5, 0.6) is 11.5 Å². The van der Waals surface area contributed by atoms with Crippen molar-refractivity contribution in [2.45, 2.75) is 25.8 Å². The largest absolute Gasteiger partial charge is 0.490 e. The minimum absolute atomic E-state index is 0.725. The molecule has 1 aliphatic heterocycles. The Balaban J connectivity index is 1.49. The molecule has 0 saturated heterocycles. The van der Waals surface area contributed by atoms with Gasteiger partial charge in [0.15, 0.2) is 11.5 Å². The topological polar surface area (TPSA) is 59.2 Å². The molecule has 21 heavy (non-hydrogen) atoms. The maximum atomic E-state index is 5.82. The second-order valence-corrected chi connectivity index (χ2v) is 5.11. The first-order valence-corrected chi connectivity index (χ1v) is 7.50. The van der Waals surface area contributed by atoms with Crippen molar-refractivity contribution in [3.8, 4) is 11.5 Å². The Bertz CT molecular complexity index is 555. The molecule has 0 atom stereocenters. The van der Waals surface area contributed by atoms with Crippen LogP contribution in [0.15, 0.2) is 30.6 Å². The number of rotatable bonds is 6. The third kappa shape index (κ3) is 3.76. The highest BCUT2D eigenvalue weighted by Gasteiger charge is 2.13. The summed E-state index contributed by atoms with van der Waals surface area (Å²) in [5.41, 5.74) is 1.16. The molecular weight excluding hydrogens is 266 g/mol. The van der Waals surface area contributed by atoms with Gasteiger partial charge in [0, 0.05) is 37.3 Å². The average molecular weight is 287 g/mol. The third-order valence-electron chi connectivity index (χ3n) is 3.49. The summed E-state index contributed by atoms with van der Waals surface area (Å²) in [5.74, 6) is 2.80. The van der Waals surface area contributed by atoms with E-state index in [2.05, 4.69) is 21.4 Å². The lowest BCUT2D eigenvalue weighted by atomic mass is 10.2. The molecule has 0 amide bonds. The number of nitrogens with zero attached hydrogens (tertiary/aromatic N) is 1. The monoisotopic (exact) mass is 287 g/mol. The lowest BCUT2D eigenvalue weighted by Gasteiger charge is -2.12. The van der Waals surface area contributed by atoms with Crippen LogP contribution in [0.1, 0.15) is 24.2 Å². The molecule has 0 saturated carbocycles. The number of nitrogens with one attached hydrogen (secondary N) is 2. The summed E-state index contributed by atoms with van der Waals surface area (Å²) in [6.07, 6.45) is 6.61. The SMILES string of the molecule is c1cc(CNCCCc2ncc[nH]2)c2c(c1)OCCCO2. The molecule has 0 unspecified atom stereocenters. The molecule has 112 valence electrons. The smallest absolute Gasteiger partial charge is 0.165 e. The minimum atomic E-state index is 0.725. The molecular formula is C16H21N3O2. The maximum Gasteiger partial charge on any atom is 0.165 e. The molecule has 3 rings (SSSR count). The quantitative estimate of drug-likeness (QED) is 0.800. The van der Waals surface area contributed by atoms with Gasteiger partial charge < -0.3 is 19.8 Å². The summed E-state index contributed by atoms with van der Waals surface area (Å²) < 4.78 is 11.5. The number of hydrogen-bond donors (Lipinski definition) is 2. The molecule has 1 aromatic carbocycles. The number of para-hydroxylation sites is 1. The van der Waals surface area contributed by atoms with Crippen LogP contribution in [0.2, 0.25) is 0 Å². The highest BCUT2D eigenvalue weighted by molar-refractivity contribution is 5.47. The molecule has 5 heteroatoms. The fourth-order valence-electron chi connectivity index (χ4n) is 2.43. The molecule has 0 aliphatic carbocycles. The molecule has 1 aliphatic rings. The van der Waals surface area contributed by atoms with Crippen molar-refractivity contribution in [1.29, 1.82) is 0 Å². The Morgan fingerprint density at radius 2 is 2.19 bits per heavy atom. The summed E-state index contributed by atoms with van der Waals surface area (Å²) >= 11 is 0. The van der Waals surface area contributed by atoms with E-state index in [4.69, 9.17) is 9.47 Å². The average Bonchev–Trinajstić information content (AvgIpc) is 2.90. The zero-order valence-electron chi connectivity index (χ0n) is 12.1. The molecule has 5 nitrogen and oxygen atoms in total. The summed E-state index contributed by atoms with van der Waals surface area (Å²) in [6, 6.07) is 6.08. The van der Waals surface area contributed by atoms with Crippen molar-refractivity contribution < 1.29 is 9.47 Å². The molecule has 1 aromatic heterocycles. The zero-order chi connectivity index (χ0) is 14.3. The summed E-state index contributed by atoms with van der Waals surface area (Å²) in [5, 5.41) is 3.46. The number of aromatic amines is 1. The van der Waals surface area contributed by atoms with Crippen LogP contribution in [0, 0.1) is 0 Å². The van der Waals surface area contributed by atoms with Crippen LogP contribution >= 0.6 is 0 Å². The van der Waals surface area contributed by atoms with E-state index in [9.17, 15) is 0 Å². The van der Waals surface area contributed by atoms with E-state index in [1.54, 1.807) is 6.20 Å². The van der Waals surface area contributed by atoms with E-state index in [-0.39, 0.29) is 0 Å². The van der Waals surface area contributed by atoms with Crippen LogP contribution in [-0.2, 0) is 13.0 Å². The van der Waals surface area contributed by atoms with Gasteiger partial charge in [-0.25, -0.2) is 4.98 Å². The fraction of sp³-hybridized carbons (Fsp3) is 0.438. The minimum Gasteiger partial charge on any atom is -0.490 e. The van der Waals surface area contributed by atoms with Crippen molar-refractivity contribution in [1.82, 2.24) is 15.3 Å². The predicted octanol–water partition coefficient (Wildman–Crippen LogP) is 2.29. The lowest BCUT2D eigenvalue weighted by molar-refractivity contribution is 0.296. The van der Waals surface area contributed by atoms with Crippen molar-refractivity contribution in [3.05, 3.63) is 42.0 Å². The normalized spacial score (nSPS) is 13.9. The van der Waals surface area contributed by atoms with E-state index >= 15 is 0 Å². The Morgan fingerprint density at radius 3 is 3.10 bits per heavy atom. The van der Waals surface area contributed by atoms with E-state index in [1.807, 2.05) is 18.3 Å². The second-order valence-electron chi connectivity index (χ2n) is 5.11. The van der Waals surface area contributed by atoms with Gasteiger partial charge >= 0.3 is 0 Å². The van der Waals surface area contributed by atoms with Gasteiger partial charge in [-0.2, -0.15) is 0 Å². The van der Waals surface area contributed by atoms with Crippen LogP contribution in [0.3, 0.4) is 0 Å². The number of H-pyrrole nitrogens is 1. The van der Waals surface area contributed by atoms with Crippen molar-refractivity contribution in [2.24, 2.45) is 0 Å². The third-order valence-corrected chi connectivity index (χ3v) is 3.49. The summed E-state index contributed by atoms with van der Waals surface area (Å²) in [4.78, 5) is 7.34. The number of hydrogen-bond acceptors (Lipinski definition) is 4. The van der Waals surface area contributed by atoms with E-state index in [0.29, 0.717) is 0 Å². The van der Waals surface area contributed by atoms with Crippen LogP contribution in [0.25, 0.3) is 0 Å². The highest BCUT2D eigenvalue weighted by atomic mass is 16.5. The Hall–Kier alpha value is -2.01. The first kappa shape index (κ1) is 13.9. The molecule has 0 bridgehead atoms. The van der Waals surface area contributed by atoms with Gasteiger partial charge in [0.05, 0.1) is 13.2 Å². The molecule has 2 aromatic rings. The predicted molar refractivity (Wildman–Crippen MR) is 80.7 cm³/mol. The van der Waals surface area contributed by atoms with Crippen molar-refractivity contribution in [2.75, 3.05) is 19.8 Å². The van der Waals surface area contributed by atoms with Gasteiger partial charge in [0.1, 0.15) is 5.82 Å². The number of imidazole rings is 1. The molecule has 2 N–H and O–H groups in total. The summed E-state index contributed by atoms with van der Waals surface area (Å²) in [6.45, 7) is 3.20. The summed E-state index contributed by atoms with van der Waals surface area (Å²) in [7, 11) is 0. The Labute approximate surface area is 124 Å². The molecule has 0 fully saturated rings. The number of ether oxygens (including phenoxy) is 2. The van der Waals surface area contributed by atoms with Crippen LogP contribution < -0.4 is 14.8 Å². The van der Waals surface area contributed by atoms with Gasteiger partial charge in [-0.05, 0) is 19.0 Å². The van der Waals surface area contributed by atoms with Crippen molar-refractivity contribution in [3.63, 3.8) is 0 Å². The molecule has 0 radical (unpaired) electrons. The number of benzene rings is 1. The van der Waals surface area contributed by atoms with Gasteiger partial charge in [-0.15, -0.1) is 0 Å². The van der Waals surface area contributed by atoms with E-state index in [1.165, 1.54) is 0 Å². The van der Waals surface area contributed by atoms with Crippen LogP contribution in [0.4, 0.5) is 0 Å². The first-order chi connectivity index (χ1) is 10.4.